The summed E-state index contributed by atoms with van der Waals surface area (Å²) >= 11 is 0. The lowest BCUT2D eigenvalue weighted by Gasteiger charge is -2.26. The molecule has 2 amide bonds. The van der Waals surface area contributed by atoms with Crippen LogP contribution in [0.4, 0.5) is 10.5 Å². The van der Waals surface area contributed by atoms with E-state index in [1.807, 2.05) is 16.8 Å². The Hall–Kier alpha value is -1.51. The first kappa shape index (κ1) is 15.4. The van der Waals surface area contributed by atoms with E-state index >= 15 is 0 Å². The predicted octanol–water partition coefficient (Wildman–Crippen LogP) is 4.05. The van der Waals surface area contributed by atoms with E-state index in [1.165, 1.54) is 17.5 Å². The Balaban J connectivity index is 1.75. The summed E-state index contributed by atoms with van der Waals surface area (Å²) in [5, 5.41) is 0. The number of rotatable bonds is 2. The molecule has 3 rings (SSSR count). The first-order chi connectivity index (χ1) is 10.3. The van der Waals surface area contributed by atoms with E-state index in [4.69, 9.17) is 0 Å². The van der Waals surface area contributed by atoms with Crippen LogP contribution in [0.15, 0.2) is 18.2 Å². The number of benzene rings is 1. The molecular weight excluding hydrogens is 272 g/mol. The van der Waals surface area contributed by atoms with E-state index in [2.05, 4.69) is 45.9 Å². The molecule has 3 heteroatoms. The van der Waals surface area contributed by atoms with Crippen molar-refractivity contribution in [2.75, 3.05) is 25.0 Å². The molecule has 1 aromatic rings. The highest BCUT2D eigenvalue weighted by molar-refractivity contribution is 5.94. The number of carbonyl (C=O) groups is 1. The van der Waals surface area contributed by atoms with E-state index in [1.54, 1.807) is 0 Å². The molecule has 1 fully saturated rings. The minimum absolute atomic E-state index is 0.154. The van der Waals surface area contributed by atoms with Gasteiger partial charge in [-0.25, -0.2) is 4.79 Å². The molecule has 0 radical (unpaired) electrons. The molecule has 0 saturated heterocycles. The van der Waals surface area contributed by atoms with Crippen molar-refractivity contribution in [1.29, 1.82) is 0 Å². The maximum absolute atomic E-state index is 12.7. The number of anilines is 1. The van der Waals surface area contributed by atoms with Crippen molar-refractivity contribution < 1.29 is 4.79 Å². The fourth-order valence-corrected chi connectivity index (χ4v) is 3.36. The monoisotopic (exact) mass is 300 g/mol. The summed E-state index contributed by atoms with van der Waals surface area (Å²) in [6.07, 6.45) is 2.24. The van der Waals surface area contributed by atoms with Gasteiger partial charge in [0.25, 0.3) is 0 Å². The zero-order valence-electron chi connectivity index (χ0n) is 14.5. The van der Waals surface area contributed by atoms with Crippen LogP contribution in [-0.2, 0) is 11.8 Å². The summed E-state index contributed by atoms with van der Waals surface area (Å²) in [6.45, 7) is 10.7. The largest absolute Gasteiger partial charge is 0.327 e. The number of hydrogen-bond acceptors (Lipinski definition) is 1. The number of fused-ring (bicyclic) bond motifs is 1. The molecule has 1 aliphatic heterocycles. The molecule has 22 heavy (non-hydrogen) atoms. The van der Waals surface area contributed by atoms with Gasteiger partial charge in [0.05, 0.1) is 0 Å². The standard InChI is InChI=1S/C19H28N2O/c1-13-10-15(13)12-20(5)18(22)21-9-8-14-11-16(19(2,3)4)6-7-17(14)21/h6-7,11,13,15H,8-10,12H2,1-5H3. The van der Waals surface area contributed by atoms with Gasteiger partial charge in [0.2, 0.25) is 0 Å². The van der Waals surface area contributed by atoms with Crippen LogP contribution in [0.1, 0.15) is 45.2 Å². The third-order valence-electron chi connectivity index (χ3n) is 5.18. The fourth-order valence-electron chi connectivity index (χ4n) is 3.36. The van der Waals surface area contributed by atoms with Crippen molar-refractivity contribution in [3.63, 3.8) is 0 Å². The lowest BCUT2D eigenvalue weighted by Crippen LogP contribution is -2.41. The topological polar surface area (TPSA) is 23.6 Å². The molecule has 1 aromatic carbocycles. The summed E-state index contributed by atoms with van der Waals surface area (Å²) in [7, 11) is 1.94. The van der Waals surface area contributed by atoms with Crippen LogP contribution in [0.2, 0.25) is 0 Å². The number of amides is 2. The van der Waals surface area contributed by atoms with Gasteiger partial charge in [-0.05, 0) is 47.3 Å². The molecule has 1 heterocycles. The second-order valence-electron chi connectivity index (χ2n) is 8.13. The quantitative estimate of drug-likeness (QED) is 0.808. The summed E-state index contributed by atoms with van der Waals surface area (Å²) < 4.78 is 0. The minimum atomic E-state index is 0.154. The van der Waals surface area contributed by atoms with E-state index in [0.717, 1.165) is 31.1 Å². The maximum atomic E-state index is 12.7. The molecular formula is C19H28N2O. The van der Waals surface area contributed by atoms with Gasteiger partial charge in [0.15, 0.2) is 0 Å². The Labute approximate surface area is 134 Å². The lowest BCUT2D eigenvalue weighted by atomic mass is 9.86. The number of hydrogen-bond donors (Lipinski definition) is 0. The fraction of sp³-hybridized carbons (Fsp3) is 0.632. The first-order valence-corrected chi connectivity index (χ1v) is 8.43. The second-order valence-corrected chi connectivity index (χ2v) is 8.13. The Bertz CT molecular complexity index is 588. The van der Waals surface area contributed by atoms with Gasteiger partial charge in [-0.3, -0.25) is 4.90 Å². The van der Waals surface area contributed by atoms with Crippen molar-refractivity contribution in [3.05, 3.63) is 29.3 Å². The maximum Gasteiger partial charge on any atom is 0.324 e. The molecule has 0 bridgehead atoms. The summed E-state index contributed by atoms with van der Waals surface area (Å²) in [5.41, 5.74) is 3.93. The highest BCUT2D eigenvalue weighted by Gasteiger charge is 2.36. The zero-order chi connectivity index (χ0) is 16.1. The Morgan fingerprint density at radius 1 is 1.36 bits per heavy atom. The summed E-state index contributed by atoms with van der Waals surface area (Å²) in [5.74, 6) is 1.50. The molecule has 1 saturated carbocycles. The van der Waals surface area contributed by atoms with Crippen LogP contribution >= 0.6 is 0 Å². The molecule has 0 N–H and O–H groups in total. The SMILES string of the molecule is CC1CC1CN(C)C(=O)N1CCc2cc(C(C)(C)C)ccc21. The molecule has 3 nitrogen and oxygen atoms in total. The van der Waals surface area contributed by atoms with E-state index in [-0.39, 0.29) is 11.4 Å². The molecule has 2 unspecified atom stereocenters. The first-order valence-electron chi connectivity index (χ1n) is 8.43. The second kappa shape index (κ2) is 5.29. The van der Waals surface area contributed by atoms with Crippen molar-refractivity contribution in [2.24, 2.45) is 11.8 Å². The van der Waals surface area contributed by atoms with Crippen molar-refractivity contribution in [1.82, 2.24) is 4.90 Å². The number of urea groups is 1. The molecule has 120 valence electrons. The van der Waals surface area contributed by atoms with Crippen LogP contribution in [-0.4, -0.2) is 31.1 Å². The van der Waals surface area contributed by atoms with Crippen LogP contribution in [0.25, 0.3) is 0 Å². The summed E-state index contributed by atoms with van der Waals surface area (Å²) in [6, 6.07) is 6.74. The smallest absolute Gasteiger partial charge is 0.324 e. The van der Waals surface area contributed by atoms with Gasteiger partial charge in [-0.1, -0.05) is 39.8 Å². The average molecular weight is 300 g/mol. The van der Waals surface area contributed by atoms with Gasteiger partial charge in [0.1, 0.15) is 0 Å². The minimum Gasteiger partial charge on any atom is -0.327 e. The predicted molar refractivity (Wildman–Crippen MR) is 91.5 cm³/mol. The molecule has 2 atom stereocenters. The van der Waals surface area contributed by atoms with Crippen molar-refractivity contribution in [2.45, 2.75) is 46.0 Å². The Morgan fingerprint density at radius 3 is 2.64 bits per heavy atom. The highest BCUT2D eigenvalue weighted by atomic mass is 16.2. The van der Waals surface area contributed by atoms with Crippen molar-refractivity contribution in [3.8, 4) is 0 Å². The molecule has 0 spiro atoms. The van der Waals surface area contributed by atoms with Gasteiger partial charge in [0, 0.05) is 25.8 Å². The van der Waals surface area contributed by atoms with Crippen molar-refractivity contribution >= 4 is 11.7 Å². The van der Waals surface area contributed by atoms with Gasteiger partial charge < -0.3 is 4.90 Å². The third kappa shape index (κ3) is 2.86. The Morgan fingerprint density at radius 2 is 2.05 bits per heavy atom. The molecule has 0 aromatic heterocycles. The molecule has 1 aliphatic carbocycles. The lowest BCUT2D eigenvalue weighted by molar-refractivity contribution is 0.213. The summed E-state index contributed by atoms with van der Waals surface area (Å²) in [4.78, 5) is 16.6. The van der Waals surface area contributed by atoms with Gasteiger partial charge in [-0.2, -0.15) is 0 Å². The third-order valence-corrected chi connectivity index (χ3v) is 5.18. The van der Waals surface area contributed by atoms with Gasteiger partial charge in [-0.15, -0.1) is 0 Å². The molecule has 2 aliphatic rings. The van der Waals surface area contributed by atoms with E-state index in [9.17, 15) is 4.79 Å². The average Bonchev–Trinajstić information content (AvgIpc) is 2.99. The number of carbonyl (C=O) groups excluding carboxylic acids is 1. The highest BCUT2D eigenvalue weighted by Crippen LogP contribution is 2.38. The van der Waals surface area contributed by atoms with Crippen LogP contribution in [0.5, 0.6) is 0 Å². The van der Waals surface area contributed by atoms with Crippen LogP contribution in [0.3, 0.4) is 0 Å². The van der Waals surface area contributed by atoms with Gasteiger partial charge >= 0.3 is 6.03 Å². The number of nitrogens with zero attached hydrogens (tertiary/aromatic N) is 2. The van der Waals surface area contributed by atoms with Crippen LogP contribution in [0, 0.1) is 11.8 Å². The Kier molecular flexibility index (Phi) is 3.70. The van der Waals surface area contributed by atoms with E-state index in [0.29, 0.717) is 5.92 Å². The normalized spacial score (nSPS) is 23.4. The van der Waals surface area contributed by atoms with E-state index < -0.39 is 0 Å². The van der Waals surface area contributed by atoms with Crippen LogP contribution < -0.4 is 4.90 Å². The zero-order valence-corrected chi connectivity index (χ0v) is 14.5.